The summed E-state index contributed by atoms with van der Waals surface area (Å²) < 4.78 is 82.5. The van der Waals surface area contributed by atoms with Crippen molar-refractivity contribution in [1.82, 2.24) is 5.32 Å². The molecule has 1 aromatic rings. The van der Waals surface area contributed by atoms with Gasteiger partial charge in [-0.2, -0.15) is 26.3 Å². The summed E-state index contributed by atoms with van der Waals surface area (Å²) in [5.41, 5.74) is 0.304. The van der Waals surface area contributed by atoms with E-state index in [4.69, 9.17) is 4.74 Å². The first-order chi connectivity index (χ1) is 11.4. The van der Waals surface area contributed by atoms with Crippen LogP contribution in [0, 0.1) is 6.92 Å². The van der Waals surface area contributed by atoms with Crippen LogP contribution in [-0.4, -0.2) is 37.9 Å². The Balaban J connectivity index is 2.99. The zero-order chi connectivity index (χ0) is 19.4. The Morgan fingerprint density at radius 2 is 1.64 bits per heavy atom. The van der Waals surface area contributed by atoms with Crippen molar-refractivity contribution in [3.63, 3.8) is 0 Å². The summed E-state index contributed by atoms with van der Waals surface area (Å²) in [5, 5.41) is 1.57. The molecule has 1 rings (SSSR count). The molecule has 0 aromatic heterocycles. The van der Waals surface area contributed by atoms with Gasteiger partial charge in [0.25, 0.3) is 0 Å². The number of alkyl halides is 6. The highest BCUT2D eigenvalue weighted by atomic mass is 19.4. The third kappa shape index (κ3) is 5.84. The van der Waals surface area contributed by atoms with Crippen LogP contribution in [0.1, 0.15) is 11.1 Å². The lowest BCUT2D eigenvalue weighted by Gasteiger charge is -2.15. The van der Waals surface area contributed by atoms with Gasteiger partial charge in [-0.05, 0) is 31.0 Å². The van der Waals surface area contributed by atoms with E-state index in [0.29, 0.717) is 5.56 Å². The van der Waals surface area contributed by atoms with Crippen molar-refractivity contribution in [2.24, 2.45) is 0 Å². The van der Waals surface area contributed by atoms with Crippen LogP contribution in [-0.2, 0) is 16.0 Å². The molecule has 0 bridgehead atoms. The van der Waals surface area contributed by atoms with Crippen LogP contribution in [0.3, 0.4) is 0 Å². The van der Waals surface area contributed by atoms with Gasteiger partial charge in [-0.1, -0.05) is 0 Å². The summed E-state index contributed by atoms with van der Waals surface area (Å²) in [7, 11) is 1.28. The van der Waals surface area contributed by atoms with Gasteiger partial charge < -0.3 is 14.8 Å². The lowest BCUT2D eigenvalue weighted by atomic mass is 10.1. The predicted octanol–water partition coefficient (Wildman–Crippen LogP) is 2.69. The zero-order valence-corrected chi connectivity index (χ0v) is 13.0. The van der Waals surface area contributed by atoms with Gasteiger partial charge in [-0.15, -0.1) is 0 Å². The summed E-state index contributed by atoms with van der Waals surface area (Å²) in [5.74, 6) is -4.93. The normalized spacial score (nSPS) is 11.8. The van der Waals surface area contributed by atoms with Crippen LogP contribution in [0.4, 0.5) is 26.3 Å². The molecule has 5 nitrogen and oxygen atoms in total. The second-order valence-corrected chi connectivity index (χ2v) is 4.82. The van der Waals surface area contributed by atoms with Gasteiger partial charge in [-0.3, -0.25) is 4.79 Å². The van der Waals surface area contributed by atoms with Crippen molar-refractivity contribution in [1.29, 1.82) is 0 Å². The minimum Gasteiger partial charge on any atom is -0.496 e. The first-order valence-electron chi connectivity index (χ1n) is 6.67. The maximum atomic E-state index is 12.3. The van der Waals surface area contributed by atoms with Crippen LogP contribution in [0.5, 0.6) is 11.5 Å². The van der Waals surface area contributed by atoms with E-state index in [2.05, 4.69) is 4.74 Å². The van der Waals surface area contributed by atoms with Crippen LogP contribution < -0.4 is 14.8 Å². The SMILES string of the molecule is COc1cc(CCNC(=O)C(F)(F)F)c(OC(=O)C(F)(F)F)cc1C. The maximum Gasteiger partial charge on any atom is 0.491 e. The highest BCUT2D eigenvalue weighted by Gasteiger charge is 2.42. The van der Waals surface area contributed by atoms with Crippen molar-refractivity contribution >= 4 is 11.9 Å². The second-order valence-electron chi connectivity index (χ2n) is 4.82. The van der Waals surface area contributed by atoms with Gasteiger partial charge in [-0.25, -0.2) is 4.79 Å². The van der Waals surface area contributed by atoms with Crippen LogP contribution >= 0.6 is 0 Å². The highest BCUT2D eigenvalue weighted by molar-refractivity contribution is 5.81. The molecule has 0 fully saturated rings. The van der Waals surface area contributed by atoms with Gasteiger partial charge in [0.2, 0.25) is 0 Å². The number of halogens is 6. The molecule has 0 spiro atoms. The van der Waals surface area contributed by atoms with E-state index in [9.17, 15) is 35.9 Å². The first kappa shape index (κ1) is 20.6. The van der Waals surface area contributed by atoms with Gasteiger partial charge >= 0.3 is 24.2 Å². The van der Waals surface area contributed by atoms with Crippen molar-refractivity contribution in [2.75, 3.05) is 13.7 Å². The Bertz CT molecular complexity index is 654. The minimum absolute atomic E-state index is 0.0393. The first-order valence-corrected chi connectivity index (χ1v) is 6.67. The quantitative estimate of drug-likeness (QED) is 0.490. The van der Waals surface area contributed by atoms with Crippen molar-refractivity contribution < 1.29 is 45.4 Å². The fourth-order valence-corrected chi connectivity index (χ4v) is 1.78. The molecule has 0 heterocycles. The molecule has 0 aliphatic rings. The number of methoxy groups -OCH3 is 1. The minimum atomic E-state index is -5.24. The number of hydrogen-bond donors (Lipinski definition) is 1. The number of esters is 1. The summed E-state index contributed by atoms with van der Waals surface area (Å²) in [4.78, 5) is 21.7. The Kier molecular flexibility index (Phi) is 6.27. The molecule has 25 heavy (non-hydrogen) atoms. The lowest BCUT2D eigenvalue weighted by Crippen LogP contribution is -2.37. The van der Waals surface area contributed by atoms with E-state index < -0.39 is 36.5 Å². The Morgan fingerprint density at radius 3 is 2.12 bits per heavy atom. The van der Waals surface area contributed by atoms with Crippen LogP contribution in [0.15, 0.2) is 12.1 Å². The molecule has 0 saturated heterocycles. The van der Waals surface area contributed by atoms with Crippen molar-refractivity contribution in [3.05, 3.63) is 23.3 Å². The largest absolute Gasteiger partial charge is 0.496 e. The average molecular weight is 373 g/mol. The molecule has 1 N–H and O–H groups in total. The molecule has 0 aliphatic heterocycles. The predicted molar refractivity (Wildman–Crippen MR) is 72.2 cm³/mol. The molecule has 0 atom stereocenters. The van der Waals surface area contributed by atoms with Gasteiger partial charge in [0.15, 0.2) is 0 Å². The molecule has 0 aliphatic carbocycles. The van der Waals surface area contributed by atoms with Gasteiger partial charge in [0, 0.05) is 12.1 Å². The topological polar surface area (TPSA) is 64.6 Å². The Hall–Kier alpha value is -2.46. The van der Waals surface area contributed by atoms with E-state index in [-0.39, 0.29) is 17.7 Å². The number of nitrogens with one attached hydrogen (secondary N) is 1. The smallest absolute Gasteiger partial charge is 0.491 e. The third-order valence-electron chi connectivity index (χ3n) is 2.95. The molecule has 0 saturated carbocycles. The average Bonchev–Trinajstić information content (AvgIpc) is 2.47. The zero-order valence-electron chi connectivity index (χ0n) is 13.0. The monoisotopic (exact) mass is 373 g/mol. The standard InChI is InChI=1S/C14H13F6NO4/c1-7-5-10(25-12(23)14(18,19)20)8(6-9(7)24-2)3-4-21-11(22)13(15,16)17/h5-6H,3-4H2,1-2H3,(H,21,22). The van der Waals surface area contributed by atoms with Crippen molar-refractivity contribution in [3.8, 4) is 11.5 Å². The summed E-state index contributed by atoms with van der Waals surface area (Å²) >= 11 is 0. The second kappa shape index (κ2) is 7.62. The van der Waals surface area contributed by atoms with Gasteiger partial charge in [0.1, 0.15) is 11.5 Å². The summed E-state index contributed by atoms with van der Waals surface area (Å²) in [6.07, 6.45) is -10.6. The van der Waals surface area contributed by atoms with Gasteiger partial charge in [0.05, 0.1) is 7.11 Å². The molecule has 0 unspecified atom stereocenters. The highest BCUT2D eigenvalue weighted by Crippen LogP contribution is 2.30. The third-order valence-corrected chi connectivity index (χ3v) is 2.95. The molecule has 11 heteroatoms. The van der Waals surface area contributed by atoms with E-state index in [1.54, 1.807) is 5.32 Å². The molecular formula is C14H13F6NO4. The lowest BCUT2D eigenvalue weighted by molar-refractivity contribution is -0.189. The fourth-order valence-electron chi connectivity index (χ4n) is 1.78. The van der Waals surface area contributed by atoms with Crippen LogP contribution in [0.25, 0.3) is 0 Å². The summed E-state index contributed by atoms with van der Waals surface area (Å²) in [6, 6.07) is 2.30. The van der Waals surface area contributed by atoms with Crippen LogP contribution in [0.2, 0.25) is 0 Å². The number of rotatable bonds is 5. The number of ether oxygens (including phenoxy) is 2. The van der Waals surface area contributed by atoms with Crippen molar-refractivity contribution in [2.45, 2.75) is 25.7 Å². The number of amides is 1. The molecule has 140 valence electrons. The number of carbonyl (C=O) groups excluding carboxylic acids is 2. The molecule has 1 amide bonds. The van der Waals surface area contributed by atoms with E-state index in [0.717, 1.165) is 6.07 Å². The Morgan fingerprint density at radius 1 is 1.04 bits per heavy atom. The number of carbonyl (C=O) groups is 2. The van der Waals surface area contributed by atoms with E-state index in [1.165, 1.54) is 20.1 Å². The van der Waals surface area contributed by atoms with E-state index in [1.807, 2.05) is 0 Å². The summed E-state index contributed by atoms with van der Waals surface area (Å²) in [6.45, 7) is 0.931. The van der Waals surface area contributed by atoms with E-state index >= 15 is 0 Å². The molecular weight excluding hydrogens is 360 g/mol. The molecule has 0 radical (unpaired) electrons. The number of aryl methyl sites for hydroxylation is 1. The fraction of sp³-hybridized carbons (Fsp3) is 0.429. The molecule has 1 aromatic carbocycles. The number of benzene rings is 1. The number of hydrogen-bond acceptors (Lipinski definition) is 4. The Labute approximate surface area is 137 Å². The maximum absolute atomic E-state index is 12.3.